The maximum Gasteiger partial charge on any atom is 0.281 e. The third-order valence-corrected chi connectivity index (χ3v) is 7.41. The van der Waals surface area contributed by atoms with Crippen molar-refractivity contribution in [3.63, 3.8) is 0 Å². The van der Waals surface area contributed by atoms with Crippen molar-refractivity contribution >= 4 is 21.6 Å². The Balaban J connectivity index is 0.000000158. The van der Waals surface area contributed by atoms with Crippen LogP contribution in [0.3, 0.4) is 0 Å². The van der Waals surface area contributed by atoms with E-state index in [1.54, 1.807) is 23.7 Å². The summed E-state index contributed by atoms with van der Waals surface area (Å²) in [6.07, 6.45) is -1.42. The molecule has 0 saturated heterocycles. The van der Waals surface area contributed by atoms with Gasteiger partial charge in [-0.15, -0.1) is 11.3 Å². The summed E-state index contributed by atoms with van der Waals surface area (Å²) in [6.45, 7) is 0. The van der Waals surface area contributed by atoms with Gasteiger partial charge in [0.2, 0.25) is 0 Å². The van der Waals surface area contributed by atoms with Gasteiger partial charge in [-0.25, -0.2) is 22.5 Å². The first-order chi connectivity index (χ1) is 16.8. The molecule has 1 N–H and O–H groups in total. The first-order valence-corrected chi connectivity index (χ1v) is 12.0. The van der Waals surface area contributed by atoms with Crippen LogP contribution in [0.5, 0.6) is 0 Å². The van der Waals surface area contributed by atoms with Gasteiger partial charge in [0.1, 0.15) is 18.1 Å². The Labute approximate surface area is 203 Å². The number of aromatic nitrogens is 1. The summed E-state index contributed by atoms with van der Waals surface area (Å²) in [7, 11) is 0. The summed E-state index contributed by atoms with van der Waals surface area (Å²) in [6, 6.07) is 15.2. The topological polar surface area (TPSA) is 56.9 Å². The molecule has 3 aromatic carbocycles. The Bertz CT molecular complexity index is 1460. The van der Waals surface area contributed by atoms with Crippen molar-refractivity contribution in [2.75, 3.05) is 0 Å². The van der Waals surface area contributed by atoms with Crippen LogP contribution in [0.1, 0.15) is 52.9 Å². The summed E-state index contributed by atoms with van der Waals surface area (Å²) >= 11 is 1.48. The number of aliphatic hydroxyl groups excluding tert-OH is 1. The number of benzene rings is 3. The molecular formula is C27H20F4N2OS. The van der Waals surface area contributed by atoms with Crippen LogP contribution in [0, 0.1) is 17.1 Å². The molecule has 178 valence electrons. The van der Waals surface area contributed by atoms with Gasteiger partial charge in [0.05, 0.1) is 27.4 Å². The smallest absolute Gasteiger partial charge is 0.281 e. The second-order valence-corrected chi connectivity index (χ2v) is 9.57. The molecule has 0 radical (unpaired) electrons. The molecule has 6 rings (SSSR count). The van der Waals surface area contributed by atoms with E-state index in [1.807, 2.05) is 24.3 Å². The van der Waals surface area contributed by atoms with E-state index in [1.165, 1.54) is 23.5 Å². The highest BCUT2D eigenvalue weighted by Gasteiger charge is 2.47. The SMILES string of the molecule is N#Cc1cc(F)cc2c1CCCC2F.OC1c2c(cccc2-c2cccc3ncsc23)CC1(F)F. The number of nitriles is 1. The average Bonchev–Trinajstić information content (AvgIpc) is 3.41. The van der Waals surface area contributed by atoms with Crippen LogP contribution in [-0.4, -0.2) is 16.0 Å². The molecule has 2 atom stereocenters. The number of fused-ring (bicyclic) bond motifs is 3. The van der Waals surface area contributed by atoms with Gasteiger partial charge in [-0.2, -0.15) is 5.26 Å². The average molecular weight is 497 g/mol. The molecule has 4 aromatic rings. The molecule has 1 heterocycles. The van der Waals surface area contributed by atoms with E-state index in [2.05, 4.69) is 4.98 Å². The minimum absolute atomic E-state index is 0.280. The number of thiazole rings is 1. The number of nitrogens with zero attached hydrogens (tertiary/aromatic N) is 2. The Morgan fingerprint density at radius 2 is 1.89 bits per heavy atom. The molecular weight excluding hydrogens is 476 g/mol. The largest absolute Gasteiger partial charge is 0.382 e. The van der Waals surface area contributed by atoms with Crippen LogP contribution < -0.4 is 0 Å². The highest BCUT2D eigenvalue weighted by Crippen LogP contribution is 2.48. The van der Waals surface area contributed by atoms with E-state index in [0.717, 1.165) is 22.2 Å². The van der Waals surface area contributed by atoms with Crippen LogP contribution in [0.15, 0.2) is 54.0 Å². The number of rotatable bonds is 1. The van der Waals surface area contributed by atoms with Gasteiger partial charge in [0.15, 0.2) is 0 Å². The number of halogens is 4. The van der Waals surface area contributed by atoms with E-state index < -0.39 is 30.4 Å². The van der Waals surface area contributed by atoms with E-state index >= 15 is 0 Å². The fraction of sp³-hybridized carbons (Fsp3) is 0.259. The Kier molecular flexibility index (Phi) is 6.07. The third-order valence-electron chi connectivity index (χ3n) is 6.53. The fourth-order valence-electron chi connectivity index (χ4n) is 4.91. The van der Waals surface area contributed by atoms with Crippen LogP contribution in [0.4, 0.5) is 17.6 Å². The summed E-state index contributed by atoms with van der Waals surface area (Å²) in [5.41, 5.74) is 6.31. The van der Waals surface area contributed by atoms with Crippen molar-refractivity contribution in [2.24, 2.45) is 0 Å². The fourth-order valence-corrected chi connectivity index (χ4v) is 5.73. The lowest BCUT2D eigenvalue weighted by molar-refractivity contribution is -0.0966. The van der Waals surface area contributed by atoms with Gasteiger partial charge >= 0.3 is 0 Å². The molecule has 35 heavy (non-hydrogen) atoms. The maximum absolute atomic E-state index is 13.8. The molecule has 2 aliphatic carbocycles. The number of alkyl halides is 3. The quantitative estimate of drug-likeness (QED) is 0.283. The first kappa shape index (κ1) is 23.5. The van der Waals surface area contributed by atoms with Crippen molar-refractivity contribution in [1.82, 2.24) is 4.98 Å². The van der Waals surface area contributed by atoms with E-state index in [4.69, 9.17) is 5.26 Å². The lowest BCUT2D eigenvalue weighted by Crippen LogP contribution is -2.21. The monoisotopic (exact) mass is 496 g/mol. The van der Waals surface area contributed by atoms with Crippen LogP contribution >= 0.6 is 11.3 Å². The Morgan fingerprint density at radius 1 is 1.11 bits per heavy atom. The lowest BCUT2D eigenvalue weighted by Gasteiger charge is -2.20. The molecule has 0 bridgehead atoms. The number of aliphatic hydroxyl groups is 1. The van der Waals surface area contributed by atoms with Gasteiger partial charge in [-0.1, -0.05) is 30.3 Å². The molecule has 0 spiro atoms. The third kappa shape index (κ3) is 4.19. The van der Waals surface area contributed by atoms with E-state index in [-0.39, 0.29) is 5.56 Å². The summed E-state index contributed by atoms with van der Waals surface area (Å²) in [5, 5.41) is 18.8. The van der Waals surface area contributed by atoms with Crippen molar-refractivity contribution < 1.29 is 22.7 Å². The predicted octanol–water partition coefficient (Wildman–Crippen LogP) is 7.23. The standard InChI is InChI=1S/C16H11F2NOS.C11H9F2N/c17-16(18)7-9-3-1-4-10(13(9)15(16)20)11-5-2-6-12-14(11)21-8-19-12;12-8-4-7(6-14)9-2-1-3-11(13)10(9)5-8/h1-6,8,15,20H,7H2;4-5,11H,1-3H2. The summed E-state index contributed by atoms with van der Waals surface area (Å²) < 4.78 is 55.0. The van der Waals surface area contributed by atoms with Crippen molar-refractivity contribution in [2.45, 2.75) is 43.9 Å². The maximum atomic E-state index is 13.8. The van der Waals surface area contributed by atoms with Gasteiger partial charge in [0.25, 0.3) is 5.92 Å². The van der Waals surface area contributed by atoms with Crippen LogP contribution in [0.2, 0.25) is 0 Å². The zero-order chi connectivity index (χ0) is 24.7. The van der Waals surface area contributed by atoms with Crippen molar-refractivity contribution in [3.8, 4) is 17.2 Å². The molecule has 0 fully saturated rings. The Hall–Kier alpha value is -3.28. The van der Waals surface area contributed by atoms with E-state index in [9.17, 15) is 22.7 Å². The summed E-state index contributed by atoms with van der Waals surface area (Å²) in [4.78, 5) is 4.25. The van der Waals surface area contributed by atoms with Gasteiger partial charge < -0.3 is 5.11 Å². The van der Waals surface area contributed by atoms with Gasteiger partial charge in [0, 0.05) is 12.0 Å². The number of hydrogen-bond acceptors (Lipinski definition) is 4. The minimum Gasteiger partial charge on any atom is -0.382 e. The molecule has 2 unspecified atom stereocenters. The predicted molar refractivity (Wildman–Crippen MR) is 127 cm³/mol. The molecule has 8 heteroatoms. The number of hydrogen-bond donors (Lipinski definition) is 1. The zero-order valence-electron chi connectivity index (χ0n) is 18.4. The van der Waals surface area contributed by atoms with Gasteiger partial charge in [-0.05, 0) is 65.3 Å². The first-order valence-electron chi connectivity index (χ1n) is 11.2. The molecule has 1 aromatic heterocycles. The normalized spacial score (nSPS) is 19.9. The minimum atomic E-state index is -3.10. The van der Waals surface area contributed by atoms with Crippen molar-refractivity contribution in [3.05, 3.63) is 87.7 Å². The van der Waals surface area contributed by atoms with Crippen LogP contribution in [0.25, 0.3) is 21.3 Å². The highest BCUT2D eigenvalue weighted by atomic mass is 32.1. The molecule has 0 aliphatic heterocycles. The molecule has 2 aliphatic rings. The molecule has 3 nitrogen and oxygen atoms in total. The zero-order valence-corrected chi connectivity index (χ0v) is 19.3. The highest BCUT2D eigenvalue weighted by molar-refractivity contribution is 7.17. The van der Waals surface area contributed by atoms with Crippen molar-refractivity contribution in [1.29, 1.82) is 5.26 Å². The van der Waals surface area contributed by atoms with Gasteiger partial charge in [-0.3, -0.25) is 0 Å². The second-order valence-electron chi connectivity index (χ2n) is 8.72. The second kappa shape index (κ2) is 9.06. The lowest BCUT2D eigenvalue weighted by atomic mass is 9.87. The Morgan fingerprint density at radius 3 is 2.69 bits per heavy atom. The molecule has 0 saturated carbocycles. The summed E-state index contributed by atoms with van der Waals surface area (Å²) in [5.74, 6) is -3.62. The molecule has 0 amide bonds. The van der Waals surface area contributed by atoms with Crippen LogP contribution in [-0.2, 0) is 12.8 Å². The van der Waals surface area contributed by atoms with E-state index in [0.29, 0.717) is 40.7 Å².